The number of nitrogens with one attached hydrogen (secondary N) is 1. The number of likely N-dealkylation sites (tertiary alicyclic amines) is 1. The standard InChI is InChI=1S/C8H13ClN4S/c1-13-4-2-3-6(5-13)10-8-7(9)11-14-12-8/h6H,2-5H2,1H3,(H,10,12). The van der Waals surface area contributed by atoms with E-state index in [1.165, 1.54) is 19.4 Å². The number of nitrogens with zero attached hydrogens (tertiary/aromatic N) is 3. The second-order valence-corrected chi connectivity index (χ2v) is 4.54. The predicted molar refractivity (Wildman–Crippen MR) is 59.1 cm³/mol. The Balaban J connectivity index is 1.94. The third kappa shape index (κ3) is 2.34. The van der Waals surface area contributed by atoms with Crippen molar-refractivity contribution in [3.05, 3.63) is 5.15 Å². The van der Waals surface area contributed by atoms with E-state index in [1.807, 2.05) is 0 Å². The summed E-state index contributed by atoms with van der Waals surface area (Å²) < 4.78 is 8.02. The summed E-state index contributed by atoms with van der Waals surface area (Å²) in [6.45, 7) is 2.23. The van der Waals surface area contributed by atoms with Gasteiger partial charge in [0.15, 0.2) is 11.0 Å². The SMILES string of the molecule is CN1CCCC(Nc2nsnc2Cl)C1. The van der Waals surface area contributed by atoms with E-state index >= 15 is 0 Å². The molecule has 1 aliphatic heterocycles. The zero-order valence-electron chi connectivity index (χ0n) is 8.03. The van der Waals surface area contributed by atoms with Gasteiger partial charge in [0.25, 0.3) is 0 Å². The summed E-state index contributed by atoms with van der Waals surface area (Å²) in [5, 5.41) is 3.81. The Morgan fingerprint density at radius 1 is 1.57 bits per heavy atom. The molecule has 1 fully saturated rings. The van der Waals surface area contributed by atoms with Gasteiger partial charge in [0.05, 0.1) is 11.7 Å². The number of hydrogen-bond acceptors (Lipinski definition) is 5. The fraction of sp³-hybridized carbons (Fsp3) is 0.750. The van der Waals surface area contributed by atoms with Gasteiger partial charge >= 0.3 is 0 Å². The molecule has 6 heteroatoms. The van der Waals surface area contributed by atoms with E-state index in [2.05, 4.69) is 26.0 Å². The molecule has 0 amide bonds. The van der Waals surface area contributed by atoms with Crippen LogP contribution in [0, 0.1) is 0 Å². The Kier molecular flexibility index (Phi) is 3.20. The Morgan fingerprint density at radius 3 is 3.07 bits per heavy atom. The molecule has 2 rings (SSSR count). The molecule has 0 aromatic carbocycles. The maximum absolute atomic E-state index is 5.86. The Labute approximate surface area is 92.6 Å². The molecule has 14 heavy (non-hydrogen) atoms. The van der Waals surface area contributed by atoms with Crippen molar-refractivity contribution in [2.24, 2.45) is 0 Å². The molecule has 1 N–H and O–H groups in total. The largest absolute Gasteiger partial charge is 0.363 e. The van der Waals surface area contributed by atoms with Crippen LogP contribution in [0.5, 0.6) is 0 Å². The Morgan fingerprint density at radius 2 is 2.43 bits per heavy atom. The second kappa shape index (κ2) is 4.42. The number of halogens is 1. The first kappa shape index (κ1) is 10.1. The second-order valence-electron chi connectivity index (χ2n) is 3.65. The van der Waals surface area contributed by atoms with Crippen LogP contribution in [0.1, 0.15) is 12.8 Å². The highest BCUT2D eigenvalue weighted by Gasteiger charge is 2.18. The average Bonchev–Trinajstić information content (AvgIpc) is 2.52. The lowest BCUT2D eigenvalue weighted by atomic mass is 10.1. The van der Waals surface area contributed by atoms with Crippen LogP contribution in [0.15, 0.2) is 0 Å². The summed E-state index contributed by atoms with van der Waals surface area (Å²) in [5.74, 6) is 0.733. The molecule has 78 valence electrons. The van der Waals surface area contributed by atoms with E-state index in [1.54, 1.807) is 0 Å². The molecule has 1 aliphatic rings. The van der Waals surface area contributed by atoms with Gasteiger partial charge in [-0.25, -0.2) is 0 Å². The summed E-state index contributed by atoms with van der Waals surface area (Å²) in [6.07, 6.45) is 2.40. The molecule has 1 atom stereocenters. The molecule has 1 aromatic heterocycles. The first-order chi connectivity index (χ1) is 6.75. The normalized spacial score (nSPS) is 23.7. The fourth-order valence-electron chi connectivity index (χ4n) is 1.74. The van der Waals surface area contributed by atoms with Gasteiger partial charge in [0.1, 0.15) is 0 Å². The van der Waals surface area contributed by atoms with Gasteiger partial charge in [0, 0.05) is 12.6 Å². The van der Waals surface area contributed by atoms with Crippen LogP contribution in [0.3, 0.4) is 0 Å². The molecule has 2 heterocycles. The van der Waals surface area contributed by atoms with Crippen molar-refractivity contribution in [2.75, 3.05) is 25.5 Å². The van der Waals surface area contributed by atoms with Crippen molar-refractivity contribution >= 4 is 29.1 Å². The summed E-state index contributed by atoms with van der Waals surface area (Å²) >= 11 is 7.00. The first-order valence-electron chi connectivity index (χ1n) is 4.69. The van der Waals surface area contributed by atoms with Crippen molar-refractivity contribution < 1.29 is 0 Å². The fourth-order valence-corrected chi connectivity index (χ4v) is 2.40. The minimum Gasteiger partial charge on any atom is -0.363 e. The van der Waals surface area contributed by atoms with Crippen molar-refractivity contribution in [3.63, 3.8) is 0 Å². The van der Waals surface area contributed by atoms with Crippen molar-refractivity contribution in [3.8, 4) is 0 Å². The van der Waals surface area contributed by atoms with E-state index in [4.69, 9.17) is 11.6 Å². The Bertz CT molecular complexity index is 303. The minimum absolute atomic E-state index is 0.454. The van der Waals surface area contributed by atoms with Gasteiger partial charge in [-0.05, 0) is 26.4 Å². The van der Waals surface area contributed by atoms with Gasteiger partial charge in [-0.1, -0.05) is 11.6 Å². The molecular weight excluding hydrogens is 220 g/mol. The highest BCUT2D eigenvalue weighted by molar-refractivity contribution is 6.99. The number of piperidine rings is 1. The molecule has 0 aliphatic carbocycles. The van der Waals surface area contributed by atoms with Gasteiger partial charge < -0.3 is 10.2 Å². The third-order valence-electron chi connectivity index (χ3n) is 2.41. The molecule has 0 spiro atoms. The molecular formula is C8H13ClN4S. The Hall–Kier alpha value is -0.390. The molecule has 0 bridgehead atoms. The lowest BCUT2D eigenvalue weighted by Crippen LogP contribution is -2.39. The molecule has 0 saturated carbocycles. The first-order valence-corrected chi connectivity index (χ1v) is 5.79. The van der Waals surface area contributed by atoms with Gasteiger partial charge in [-0.2, -0.15) is 8.75 Å². The maximum atomic E-state index is 5.86. The number of aromatic nitrogens is 2. The zero-order valence-corrected chi connectivity index (χ0v) is 9.61. The van der Waals surface area contributed by atoms with E-state index in [9.17, 15) is 0 Å². The molecule has 4 nitrogen and oxygen atoms in total. The van der Waals surface area contributed by atoms with Gasteiger partial charge in [-0.3, -0.25) is 0 Å². The van der Waals surface area contributed by atoms with Crippen LogP contribution in [0.4, 0.5) is 5.82 Å². The molecule has 0 radical (unpaired) electrons. The van der Waals surface area contributed by atoms with Crippen LogP contribution in [0.2, 0.25) is 5.15 Å². The van der Waals surface area contributed by atoms with E-state index in [-0.39, 0.29) is 0 Å². The maximum Gasteiger partial charge on any atom is 0.186 e. The van der Waals surface area contributed by atoms with Crippen molar-refractivity contribution in [1.82, 2.24) is 13.6 Å². The number of hydrogen-bond donors (Lipinski definition) is 1. The zero-order chi connectivity index (χ0) is 9.97. The lowest BCUT2D eigenvalue weighted by Gasteiger charge is -2.30. The third-order valence-corrected chi connectivity index (χ3v) is 3.31. The van der Waals surface area contributed by atoms with E-state index in [0.29, 0.717) is 11.2 Å². The van der Waals surface area contributed by atoms with Crippen molar-refractivity contribution in [1.29, 1.82) is 0 Å². The van der Waals surface area contributed by atoms with Crippen LogP contribution < -0.4 is 5.32 Å². The molecule has 1 saturated heterocycles. The smallest absolute Gasteiger partial charge is 0.186 e. The highest BCUT2D eigenvalue weighted by atomic mass is 35.5. The van der Waals surface area contributed by atoms with Crippen molar-refractivity contribution in [2.45, 2.75) is 18.9 Å². The summed E-state index contributed by atoms with van der Waals surface area (Å²) in [7, 11) is 2.13. The van der Waals surface area contributed by atoms with E-state index < -0.39 is 0 Å². The summed E-state index contributed by atoms with van der Waals surface area (Å²) in [6, 6.07) is 0.454. The number of rotatable bonds is 2. The lowest BCUT2D eigenvalue weighted by molar-refractivity contribution is 0.261. The quantitative estimate of drug-likeness (QED) is 0.843. The van der Waals surface area contributed by atoms with Crippen LogP contribution in [-0.2, 0) is 0 Å². The topological polar surface area (TPSA) is 41.0 Å². The van der Waals surface area contributed by atoms with Crippen LogP contribution in [-0.4, -0.2) is 39.8 Å². The average molecular weight is 233 g/mol. The number of likely N-dealkylation sites (N-methyl/N-ethyl adjacent to an activating group) is 1. The van der Waals surface area contributed by atoms with Gasteiger partial charge in [0.2, 0.25) is 0 Å². The highest BCUT2D eigenvalue weighted by Crippen LogP contribution is 2.21. The van der Waals surface area contributed by atoms with E-state index in [0.717, 1.165) is 24.1 Å². The van der Waals surface area contributed by atoms with Crippen LogP contribution in [0.25, 0.3) is 0 Å². The predicted octanol–water partition coefficient (Wildman–Crippen LogP) is 1.70. The summed E-state index contributed by atoms with van der Waals surface area (Å²) in [5.41, 5.74) is 0. The van der Waals surface area contributed by atoms with Crippen LogP contribution >= 0.6 is 23.3 Å². The summed E-state index contributed by atoms with van der Waals surface area (Å²) in [4.78, 5) is 2.31. The van der Waals surface area contributed by atoms with Gasteiger partial charge in [-0.15, -0.1) is 0 Å². The number of anilines is 1. The molecule has 1 aromatic rings. The monoisotopic (exact) mass is 232 g/mol. The molecule has 1 unspecified atom stereocenters. The minimum atomic E-state index is 0.454.